The number of halogens is 4. The minimum atomic E-state index is -4.72. The molecule has 3 N–H and O–H groups in total. The molecule has 0 aromatic heterocycles. The maximum Gasteiger partial charge on any atom is 0.573 e. The third-order valence-electron chi connectivity index (χ3n) is 4.85. The van der Waals surface area contributed by atoms with E-state index in [-0.39, 0.29) is 41.7 Å². The maximum atomic E-state index is 12.3. The highest BCUT2D eigenvalue weighted by atomic mass is 127. The standard InChI is InChI=1S/C21H25F3N4O2.HI/c1-29-18-6-4-5-15(13-18)19(28-11-2-3-12-28)14-26-20(25)27-16-7-9-17(10-8-16)30-21(22,23)24;/h4-10,13,19H,2-3,11-12,14H2,1H3,(H3,25,26,27);1H. The summed E-state index contributed by atoms with van der Waals surface area (Å²) in [5.41, 5.74) is 7.63. The average Bonchev–Trinajstić information content (AvgIpc) is 3.23. The number of benzene rings is 2. The van der Waals surface area contributed by atoms with Crippen LogP contribution in [0.5, 0.6) is 11.5 Å². The maximum absolute atomic E-state index is 12.3. The van der Waals surface area contributed by atoms with E-state index in [9.17, 15) is 13.2 Å². The third-order valence-corrected chi connectivity index (χ3v) is 4.85. The zero-order valence-corrected chi connectivity index (χ0v) is 19.4. The van der Waals surface area contributed by atoms with Crippen LogP contribution in [0.4, 0.5) is 18.9 Å². The summed E-state index contributed by atoms with van der Waals surface area (Å²) < 4.78 is 46.0. The molecule has 1 saturated heterocycles. The Bertz CT molecular complexity index is 856. The van der Waals surface area contributed by atoms with Crippen LogP contribution in [0.1, 0.15) is 24.4 Å². The first-order valence-corrected chi connectivity index (χ1v) is 9.65. The van der Waals surface area contributed by atoms with Gasteiger partial charge in [-0.25, -0.2) is 0 Å². The molecule has 0 saturated carbocycles. The number of nitrogens with zero attached hydrogens (tertiary/aromatic N) is 2. The predicted molar refractivity (Wildman–Crippen MR) is 125 cm³/mol. The van der Waals surface area contributed by atoms with E-state index in [0.29, 0.717) is 12.2 Å². The van der Waals surface area contributed by atoms with E-state index in [4.69, 9.17) is 10.5 Å². The molecule has 1 heterocycles. The highest BCUT2D eigenvalue weighted by Crippen LogP contribution is 2.28. The summed E-state index contributed by atoms with van der Waals surface area (Å²) in [6.45, 7) is 2.43. The number of rotatable bonds is 7. The lowest BCUT2D eigenvalue weighted by atomic mass is 10.1. The number of nitrogens with two attached hydrogens (primary N) is 1. The van der Waals surface area contributed by atoms with Crippen molar-refractivity contribution in [1.29, 1.82) is 0 Å². The van der Waals surface area contributed by atoms with Crippen molar-refractivity contribution in [1.82, 2.24) is 4.90 Å². The molecule has 1 aliphatic heterocycles. The van der Waals surface area contributed by atoms with Crippen LogP contribution < -0.4 is 20.5 Å². The first-order valence-electron chi connectivity index (χ1n) is 9.65. The van der Waals surface area contributed by atoms with Crippen LogP contribution in [-0.4, -0.2) is 44.0 Å². The fraction of sp³-hybridized carbons (Fsp3) is 0.381. The van der Waals surface area contributed by atoms with Crippen LogP contribution >= 0.6 is 24.0 Å². The van der Waals surface area contributed by atoms with Gasteiger partial charge in [-0.15, -0.1) is 37.1 Å². The van der Waals surface area contributed by atoms with Gasteiger partial charge in [0.15, 0.2) is 5.96 Å². The summed E-state index contributed by atoms with van der Waals surface area (Å²) >= 11 is 0. The Morgan fingerprint density at radius 2 is 1.81 bits per heavy atom. The molecule has 6 nitrogen and oxygen atoms in total. The molecule has 0 bridgehead atoms. The number of aliphatic imine (C=N–C) groups is 1. The number of hydrogen-bond acceptors (Lipinski definition) is 4. The van der Waals surface area contributed by atoms with Crippen molar-refractivity contribution in [3.8, 4) is 11.5 Å². The second-order valence-corrected chi connectivity index (χ2v) is 6.96. The predicted octanol–water partition coefficient (Wildman–Crippen LogP) is 4.78. The zero-order chi connectivity index (χ0) is 21.6. The number of nitrogens with one attached hydrogen (secondary N) is 1. The molecular weight excluding hydrogens is 524 g/mol. The number of alkyl halides is 3. The van der Waals surface area contributed by atoms with Gasteiger partial charge in [-0.2, -0.15) is 0 Å². The molecule has 3 rings (SSSR count). The smallest absolute Gasteiger partial charge is 0.497 e. The molecular formula is C21H26F3IN4O2. The second-order valence-electron chi connectivity index (χ2n) is 6.96. The summed E-state index contributed by atoms with van der Waals surface area (Å²) in [7, 11) is 1.63. The van der Waals surface area contributed by atoms with Gasteiger partial charge in [0.1, 0.15) is 11.5 Å². The largest absolute Gasteiger partial charge is 0.573 e. The number of methoxy groups -OCH3 is 1. The van der Waals surface area contributed by atoms with E-state index < -0.39 is 6.36 Å². The van der Waals surface area contributed by atoms with Crippen LogP contribution in [0.3, 0.4) is 0 Å². The van der Waals surface area contributed by atoms with E-state index in [1.54, 1.807) is 7.11 Å². The molecule has 31 heavy (non-hydrogen) atoms. The molecule has 2 aromatic carbocycles. The summed E-state index contributed by atoms with van der Waals surface area (Å²) in [6, 6.07) is 13.3. The van der Waals surface area contributed by atoms with E-state index in [2.05, 4.69) is 19.9 Å². The number of ether oxygens (including phenoxy) is 2. The quantitative estimate of drug-likeness (QED) is 0.295. The van der Waals surface area contributed by atoms with Gasteiger partial charge in [-0.05, 0) is 67.9 Å². The van der Waals surface area contributed by atoms with Crippen molar-refractivity contribution >= 4 is 35.6 Å². The number of anilines is 1. The molecule has 10 heteroatoms. The number of likely N-dealkylation sites (tertiary alicyclic amines) is 1. The highest BCUT2D eigenvalue weighted by molar-refractivity contribution is 14.0. The van der Waals surface area contributed by atoms with E-state index in [1.807, 2.05) is 24.3 Å². The summed E-state index contributed by atoms with van der Waals surface area (Å²) in [5.74, 6) is 0.676. The van der Waals surface area contributed by atoms with Crippen LogP contribution in [0.15, 0.2) is 53.5 Å². The first kappa shape index (κ1) is 25.1. The van der Waals surface area contributed by atoms with Gasteiger partial charge < -0.3 is 20.5 Å². The van der Waals surface area contributed by atoms with Crippen molar-refractivity contribution in [3.63, 3.8) is 0 Å². The van der Waals surface area contributed by atoms with Crippen molar-refractivity contribution in [3.05, 3.63) is 54.1 Å². The Hall–Kier alpha value is -2.21. The first-order chi connectivity index (χ1) is 14.3. The number of guanidine groups is 1. The van der Waals surface area contributed by atoms with Crippen molar-refractivity contribution in [2.75, 3.05) is 32.1 Å². The van der Waals surface area contributed by atoms with Crippen LogP contribution in [0.2, 0.25) is 0 Å². The molecule has 2 aromatic rings. The highest BCUT2D eigenvalue weighted by Gasteiger charge is 2.31. The second kappa shape index (κ2) is 11.4. The average molecular weight is 550 g/mol. The lowest BCUT2D eigenvalue weighted by molar-refractivity contribution is -0.274. The van der Waals surface area contributed by atoms with E-state index >= 15 is 0 Å². The Morgan fingerprint density at radius 3 is 2.42 bits per heavy atom. The summed E-state index contributed by atoms with van der Waals surface area (Å²) in [4.78, 5) is 6.84. The zero-order valence-electron chi connectivity index (χ0n) is 17.1. The van der Waals surface area contributed by atoms with E-state index in [0.717, 1.165) is 37.2 Å². The van der Waals surface area contributed by atoms with Gasteiger partial charge in [0.25, 0.3) is 0 Å². The summed E-state index contributed by atoms with van der Waals surface area (Å²) in [6.07, 6.45) is -2.44. The normalized spacial score (nSPS) is 15.8. The van der Waals surface area contributed by atoms with Crippen LogP contribution in [-0.2, 0) is 0 Å². The van der Waals surface area contributed by atoms with Crippen molar-refractivity contribution < 1.29 is 22.6 Å². The topological polar surface area (TPSA) is 72.1 Å². The molecule has 1 fully saturated rings. The Labute approximate surface area is 196 Å². The van der Waals surface area contributed by atoms with E-state index in [1.165, 1.54) is 24.3 Å². The lowest BCUT2D eigenvalue weighted by Crippen LogP contribution is -2.30. The Kier molecular flexibility index (Phi) is 9.23. The van der Waals surface area contributed by atoms with Crippen LogP contribution in [0.25, 0.3) is 0 Å². The molecule has 0 spiro atoms. The monoisotopic (exact) mass is 550 g/mol. The molecule has 1 unspecified atom stereocenters. The van der Waals surface area contributed by atoms with Crippen molar-refractivity contribution in [2.45, 2.75) is 25.2 Å². The molecule has 170 valence electrons. The Balaban J connectivity index is 0.00000341. The fourth-order valence-corrected chi connectivity index (χ4v) is 3.45. The minimum Gasteiger partial charge on any atom is -0.497 e. The lowest BCUT2D eigenvalue weighted by Gasteiger charge is -2.27. The Morgan fingerprint density at radius 1 is 1.13 bits per heavy atom. The fourth-order valence-electron chi connectivity index (χ4n) is 3.45. The number of hydrogen-bond donors (Lipinski definition) is 2. The van der Waals surface area contributed by atoms with Gasteiger partial charge >= 0.3 is 6.36 Å². The molecule has 0 amide bonds. The summed E-state index contributed by atoms with van der Waals surface area (Å²) in [5, 5.41) is 2.90. The van der Waals surface area contributed by atoms with Crippen LogP contribution in [0, 0.1) is 0 Å². The van der Waals surface area contributed by atoms with Gasteiger partial charge in [0.05, 0.1) is 19.7 Å². The van der Waals surface area contributed by atoms with Gasteiger partial charge in [-0.1, -0.05) is 12.1 Å². The minimum absolute atomic E-state index is 0. The van der Waals surface area contributed by atoms with Gasteiger partial charge in [0.2, 0.25) is 0 Å². The van der Waals surface area contributed by atoms with Gasteiger partial charge in [-0.3, -0.25) is 9.89 Å². The SMILES string of the molecule is COc1cccc(C(CN=C(N)Nc2ccc(OC(F)(F)F)cc2)N2CCCC2)c1.I. The third kappa shape index (κ3) is 7.76. The molecule has 0 aliphatic carbocycles. The van der Waals surface area contributed by atoms with Gasteiger partial charge in [0, 0.05) is 5.69 Å². The molecule has 0 radical (unpaired) electrons. The molecule has 1 aliphatic rings. The van der Waals surface area contributed by atoms with Crippen molar-refractivity contribution in [2.24, 2.45) is 10.7 Å². The molecule has 1 atom stereocenters.